The van der Waals surface area contributed by atoms with Crippen LogP contribution in [0.2, 0.25) is 0 Å². The van der Waals surface area contributed by atoms with Crippen molar-refractivity contribution in [2.24, 2.45) is 17.8 Å². The molecule has 0 spiro atoms. The molecule has 1 amide bonds. The van der Waals surface area contributed by atoms with Gasteiger partial charge in [-0.2, -0.15) is 4.98 Å². The molecule has 4 heterocycles. The van der Waals surface area contributed by atoms with E-state index in [0.29, 0.717) is 23.3 Å². The summed E-state index contributed by atoms with van der Waals surface area (Å²) in [5.74, 6) is 3.83. The van der Waals surface area contributed by atoms with Gasteiger partial charge in [0.15, 0.2) is 23.5 Å². The number of hydrogen-bond donors (Lipinski definition) is 3. The summed E-state index contributed by atoms with van der Waals surface area (Å²) < 4.78 is 16.3. The summed E-state index contributed by atoms with van der Waals surface area (Å²) in [6.07, 6.45) is 9.08. The summed E-state index contributed by atoms with van der Waals surface area (Å²) in [5.41, 5.74) is 4.11. The molecule has 11 heteroatoms. The fraction of sp³-hybridized carbons (Fsp3) is 0.769. The van der Waals surface area contributed by atoms with Gasteiger partial charge in [0.1, 0.15) is 12.2 Å². The van der Waals surface area contributed by atoms with E-state index in [1.807, 2.05) is 0 Å². The zero-order chi connectivity index (χ0) is 25.5. The van der Waals surface area contributed by atoms with Crippen LogP contribution in [0.1, 0.15) is 83.6 Å². The Morgan fingerprint density at radius 2 is 1.92 bits per heavy atom. The predicted molar refractivity (Wildman–Crippen MR) is 139 cm³/mol. The molecule has 37 heavy (non-hydrogen) atoms. The highest BCUT2D eigenvalue weighted by atomic mass is 19.1. The monoisotopic (exact) mass is 514 g/mol. The average molecular weight is 515 g/mol. The number of imidazole rings is 1. The molecule has 6 rings (SSSR count). The topological polar surface area (TPSA) is 109 Å². The molecular formula is C26H39FN8O2. The summed E-state index contributed by atoms with van der Waals surface area (Å²) in [6.45, 7) is 5.77. The van der Waals surface area contributed by atoms with Crippen molar-refractivity contribution >= 4 is 29.0 Å². The molecule has 2 aromatic heterocycles. The van der Waals surface area contributed by atoms with Crippen LogP contribution in [0.4, 0.5) is 21.0 Å². The van der Waals surface area contributed by atoms with E-state index in [1.165, 1.54) is 44.9 Å². The fourth-order valence-electron chi connectivity index (χ4n) is 6.37. The molecule has 1 unspecified atom stereocenters. The molecular weight excluding hydrogens is 475 g/mol. The molecule has 2 saturated carbocycles. The first-order valence-corrected chi connectivity index (χ1v) is 14.1. The number of fused-ring (bicyclic) bond motifs is 1. The van der Waals surface area contributed by atoms with E-state index < -0.39 is 12.3 Å². The number of carbonyl (C=O) groups excluding carboxylic acids is 1. The van der Waals surface area contributed by atoms with E-state index >= 15 is 0 Å². The first-order valence-electron chi connectivity index (χ1n) is 14.1. The molecule has 0 bridgehead atoms. The minimum atomic E-state index is -0.657. The maximum absolute atomic E-state index is 14.0. The Balaban J connectivity index is 1.45. The third-order valence-electron chi connectivity index (χ3n) is 9.00. The second-order valence-electron chi connectivity index (χ2n) is 11.6. The highest BCUT2D eigenvalue weighted by molar-refractivity contribution is 5.86. The molecule has 2 saturated heterocycles. The normalized spacial score (nSPS) is 29.3. The maximum atomic E-state index is 14.0. The van der Waals surface area contributed by atoms with Crippen molar-refractivity contribution in [1.29, 1.82) is 0 Å². The number of carbonyl (C=O) groups is 1. The molecule has 3 atom stereocenters. The Kier molecular flexibility index (Phi) is 6.81. The van der Waals surface area contributed by atoms with Crippen molar-refractivity contribution < 1.29 is 14.0 Å². The van der Waals surface area contributed by atoms with Crippen molar-refractivity contribution in [2.75, 3.05) is 23.4 Å². The first kappa shape index (κ1) is 24.6. The Labute approximate surface area is 217 Å². The van der Waals surface area contributed by atoms with Crippen molar-refractivity contribution in [3.63, 3.8) is 0 Å². The number of anilines is 2. The highest BCUT2D eigenvalue weighted by Gasteiger charge is 2.34. The van der Waals surface area contributed by atoms with E-state index in [0.717, 1.165) is 49.1 Å². The molecule has 3 N–H and O–H groups in total. The minimum absolute atomic E-state index is 0.163. The number of amides is 1. The minimum Gasteiger partial charge on any atom is -0.365 e. The standard InChI is InChI=1S/C26H39FN8O2/c1-15-8-10-17(11-9-15)14-35-20-21(28-16(2)18-5-3-6-18)29-23(24-32-26(36)37-33-24)30-22(20)31-25(35)34-12-4-7-19(34)13-27/h15-19,24,33H,3-14H2,1-2H3,(H,32,36)(H,28,29,30)/t15?,16-,17?,19+,24?/m1/s1. The summed E-state index contributed by atoms with van der Waals surface area (Å²) in [4.78, 5) is 33.4. The number of aromatic nitrogens is 4. The van der Waals surface area contributed by atoms with E-state index in [1.54, 1.807) is 0 Å². The molecule has 4 aliphatic rings. The molecule has 2 aliphatic carbocycles. The smallest absolute Gasteiger partial charge is 0.365 e. The summed E-state index contributed by atoms with van der Waals surface area (Å²) in [7, 11) is 0. The number of rotatable bonds is 8. The van der Waals surface area contributed by atoms with Crippen LogP contribution in [0.5, 0.6) is 0 Å². The lowest BCUT2D eigenvalue weighted by molar-refractivity contribution is 0.120. The average Bonchev–Trinajstić information content (AvgIpc) is 3.57. The molecule has 2 aromatic rings. The highest BCUT2D eigenvalue weighted by Crippen LogP contribution is 2.37. The lowest BCUT2D eigenvalue weighted by Gasteiger charge is -2.33. The molecule has 2 aliphatic heterocycles. The number of nitrogens with one attached hydrogen (secondary N) is 3. The molecule has 0 aromatic carbocycles. The number of hydroxylamine groups is 1. The predicted octanol–water partition coefficient (Wildman–Crippen LogP) is 4.43. The maximum Gasteiger partial charge on any atom is 0.427 e. The Morgan fingerprint density at radius 3 is 2.59 bits per heavy atom. The largest absolute Gasteiger partial charge is 0.427 e. The van der Waals surface area contributed by atoms with Crippen molar-refractivity contribution in [3.05, 3.63) is 5.82 Å². The Bertz CT molecular complexity index is 1130. The van der Waals surface area contributed by atoms with Gasteiger partial charge in [-0.15, -0.1) is 5.48 Å². The van der Waals surface area contributed by atoms with Gasteiger partial charge >= 0.3 is 6.09 Å². The van der Waals surface area contributed by atoms with E-state index in [-0.39, 0.29) is 18.8 Å². The molecule has 0 radical (unpaired) electrons. The van der Waals surface area contributed by atoms with E-state index in [2.05, 4.69) is 39.4 Å². The number of halogens is 1. The van der Waals surface area contributed by atoms with Gasteiger partial charge in [-0.3, -0.25) is 5.32 Å². The number of alkyl halides is 1. The molecule has 202 valence electrons. The van der Waals surface area contributed by atoms with Crippen molar-refractivity contribution in [1.82, 2.24) is 30.3 Å². The Hall–Kier alpha value is -2.69. The Morgan fingerprint density at radius 1 is 1.11 bits per heavy atom. The fourth-order valence-corrected chi connectivity index (χ4v) is 6.37. The van der Waals surface area contributed by atoms with Crippen LogP contribution in [0.25, 0.3) is 11.2 Å². The summed E-state index contributed by atoms with van der Waals surface area (Å²) in [6, 6.07) is 0.0821. The second-order valence-corrected chi connectivity index (χ2v) is 11.6. The van der Waals surface area contributed by atoms with Crippen LogP contribution in [-0.2, 0) is 11.4 Å². The zero-order valence-corrected chi connectivity index (χ0v) is 21.9. The zero-order valence-electron chi connectivity index (χ0n) is 21.9. The molecule has 4 fully saturated rings. The lowest BCUT2D eigenvalue weighted by atomic mass is 9.80. The third kappa shape index (κ3) is 4.82. The molecule has 10 nitrogen and oxygen atoms in total. The van der Waals surface area contributed by atoms with E-state index in [4.69, 9.17) is 19.8 Å². The van der Waals surface area contributed by atoms with Crippen LogP contribution < -0.4 is 21.0 Å². The van der Waals surface area contributed by atoms with Crippen LogP contribution in [0.3, 0.4) is 0 Å². The van der Waals surface area contributed by atoms with Crippen LogP contribution >= 0.6 is 0 Å². The van der Waals surface area contributed by atoms with Crippen molar-refractivity contribution in [2.45, 2.75) is 96.4 Å². The lowest BCUT2D eigenvalue weighted by Crippen LogP contribution is -2.34. The van der Waals surface area contributed by atoms with Gasteiger partial charge in [0.05, 0.1) is 6.04 Å². The van der Waals surface area contributed by atoms with Crippen LogP contribution in [0, 0.1) is 17.8 Å². The number of nitrogens with zero attached hydrogens (tertiary/aromatic N) is 5. The summed E-state index contributed by atoms with van der Waals surface area (Å²) in [5, 5.41) is 6.39. The van der Waals surface area contributed by atoms with Gasteiger partial charge in [0.2, 0.25) is 5.95 Å². The van der Waals surface area contributed by atoms with Gasteiger partial charge < -0.3 is 19.6 Å². The first-order chi connectivity index (χ1) is 18.0. The van der Waals surface area contributed by atoms with Gasteiger partial charge in [0.25, 0.3) is 0 Å². The van der Waals surface area contributed by atoms with Crippen LogP contribution in [-0.4, -0.2) is 50.9 Å². The van der Waals surface area contributed by atoms with Crippen molar-refractivity contribution in [3.8, 4) is 0 Å². The summed E-state index contributed by atoms with van der Waals surface area (Å²) >= 11 is 0. The van der Waals surface area contributed by atoms with Gasteiger partial charge in [-0.25, -0.2) is 19.2 Å². The van der Waals surface area contributed by atoms with Gasteiger partial charge in [-0.05, 0) is 63.2 Å². The second kappa shape index (κ2) is 10.2. The van der Waals surface area contributed by atoms with Crippen LogP contribution in [0.15, 0.2) is 0 Å². The quantitative estimate of drug-likeness (QED) is 0.475. The van der Waals surface area contributed by atoms with Gasteiger partial charge in [0, 0.05) is 19.1 Å². The van der Waals surface area contributed by atoms with Gasteiger partial charge in [-0.1, -0.05) is 26.2 Å². The number of hydrogen-bond acceptors (Lipinski definition) is 8. The third-order valence-corrected chi connectivity index (χ3v) is 9.00. The SMILES string of the molecule is CC1CCC(Cn2c(N3CCC[C@H]3CF)nc3nc(C4NOC(=O)N4)nc(N[C@H](C)C4CCC4)c32)CC1. The van der Waals surface area contributed by atoms with E-state index in [9.17, 15) is 9.18 Å².